The van der Waals surface area contributed by atoms with Gasteiger partial charge in [-0.2, -0.15) is 0 Å². The molecule has 0 bridgehead atoms. The van der Waals surface area contributed by atoms with Gasteiger partial charge < -0.3 is 15.0 Å². The zero-order chi connectivity index (χ0) is 19.3. The van der Waals surface area contributed by atoms with Crippen LogP contribution in [-0.2, 0) is 4.79 Å². The van der Waals surface area contributed by atoms with Crippen molar-refractivity contribution in [2.24, 2.45) is 5.92 Å². The molecule has 0 spiro atoms. The number of thiazole rings is 1. The number of nitrogens with one attached hydrogen (secondary N) is 1. The maximum atomic E-state index is 12.6. The highest BCUT2D eigenvalue weighted by Gasteiger charge is 2.27. The van der Waals surface area contributed by atoms with E-state index >= 15 is 0 Å². The van der Waals surface area contributed by atoms with E-state index in [0.717, 1.165) is 42.2 Å². The van der Waals surface area contributed by atoms with Crippen molar-refractivity contribution in [3.63, 3.8) is 0 Å². The van der Waals surface area contributed by atoms with Crippen LogP contribution in [0.2, 0.25) is 0 Å². The van der Waals surface area contributed by atoms with Gasteiger partial charge in [-0.25, -0.2) is 15.0 Å². The summed E-state index contributed by atoms with van der Waals surface area (Å²) < 4.78 is 5.21. The van der Waals surface area contributed by atoms with Crippen molar-refractivity contribution in [3.8, 4) is 17.0 Å². The number of hydrogen-bond donors (Lipinski definition) is 1. The number of piperidine rings is 1. The maximum absolute atomic E-state index is 12.6. The molecule has 0 saturated carbocycles. The Morgan fingerprint density at radius 1 is 1.25 bits per heavy atom. The van der Waals surface area contributed by atoms with Gasteiger partial charge in [0.1, 0.15) is 17.9 Å². The molecule has 1 amide bonds. The number of carbonyl (C=O) groups is 1. The van der Waals surface area contributed by atoms with Gasteiger partial charge in [-0.1, -0.05) is 0 Å². The Bertz CT molecular complexity index is 930. The summed E-state index contributed by atoms with van der Waals surface area (Å²) in [5.41, 5.74) is 1.85. The summed E-state index contributed by atoms with van der Waals surface area (Å²) in [5.74, 6) is 1.58. The lowest BCUT2D eigenvalue weighted by Gasteiger charge is -2.32. The van der Waals surface area contributed by atoms with E-state index in [4.69, 9.17) is 4.74 Å². The number of anilines is 2. The quantitative estimate of drug-likeness (QED) is 0.713. The third kappa shape index (κ3) is 4.12. The molecule has 1 atom stereocenters. The Morgan fingerprint density at radius 2 is 2.11 bits per heavy atom. The highest BCUT2D eigenvalue weighted by atomic mass is 32.1. The van der Waals surface area contributed by atoms with Crippen molar-refractivity contribution in [3.05, 3.63) is 48.2 Å². The number of aromatic nitrogens is 3. The molecule has 4 rings (SSSR count). The number of nitrogens with zero attached hydrogens (tertiary/aromatic N) is 4. The van der Waals surface area contributed by atoms with E-state index in [1.54, 1.807) is 19.6 Å². The summed E-state index contributed by atoms with van der Waals surface area (Å²) in [5, 5.41) is 5.40. The molecular weight excluding hydrogens is 374 g/mol. The van der Waals surface area contributed by atoms with Crippen LogP contribution in [-0.4, -0.2) is 41.1 Å². The first kappa shape index (κ1) is 18.4. The first-order valence-corrected chi connectivity index (χ1v) is 10.0. The zero-order valence-corrected chi connectivity index (χ0v) is 16.4. The highest BCUT2D eigenvalue weighted by Crippen LogP contribution is 2.27. The number of benzene rings is 1. The van der Waals surface area contributed by atoms with Gasteiger partial charge in [0.2, 0.25) is 5.91 Å². The van der Waals surface area contributed by atoms with E-state index in [-0.39, 0.29) is 11.8 Å². The van der Waals surface area contributed by atoms with E-state index < -0.39 is 0 Å². The Morgan fingerprint density at radius 3 is 2.86 bits per heavy atom. The van der Waals surface area contributed by atoms with Crippen molar-refractivity contribution in [2.45, 2.75) is 12.8 Å². The molecule has 0 unspecified atom stereocenters. The number of methoxy groups -OCH3 is 1. The van der Waals surface area contributed by atoms with E-state index in [0.29, 0.717) is 11.7 Å². The van der Waals surface area contributed by atoms with Crippen LogP contribution in [0.15, 0.2) is 48.2 Å². The predicted octanol–water partition coefficient (Wildman–Crippen LogP) is 3.46. The van der Waals surface area contributed by atoms with E-state index in [1.807, 2.05) is 35.7 Å². The summed E-state index contributed by atoms with van der Waals surface area (Å²) in [6.07, 6.45) is 5.07. The van der Waals surface area contributed by atoms with Gasteiger partial charge >= 0.3 is 0 Å². The summed E-state index contributed by atoms with van der Waals surface area (Å²) in [6, 6.07) is 9.76. The molecule has 2 aromatic heterocycles. The minimum atomic E-state index is -0.0861. The second kappa shape index (κ2) is 8.35. The SMILES string of the molecule is COc1ccc(-c2cc(N3CCC[C@H](C(=O)Nc4nccs4)C3)ncn2)cc1. The molecule has 1 aromatic carbocycles. The average Bonchev–Trinajstić information content (AvgIpc) is 3.27. The summed E-state index contributed by atoms with van der Waals surface area (Å²) in [6.45, 7) is 1.51. The zero-order valence-electron chi connectivity index (χ0n) is 15.5. The standard InChI is InChI=1S/C20H21N5O2S/c1-27-16-6-4-14(5-7-16)17-11-18(23-13-22-17)25-9-2-3-15(12-25)19(26)24-20-21-8-10-28-20/h4-8,10-11,13,15H,2-3,9,12H2,1H3,(H,21,24,26)/t15-/m0/s1. The first-order chi connectivity index (χ1) is 13.7. The van der Waals surface area contributed by atoms with Gasteiger partial charge in [0.05, 0.1) is 18.7 Å². The van der Waals surface area contributed by atoms with Crippen LogP contribution in [0, 0.1) is 5.92 Å². The van der Waals surface area contributed by atoms with Crippen molar-refractivity contribution in [1.29, 1.82) is 0 Å². The van der Waals surface area contributed by atoms with Gasteiger partial charge in [0.15, 0.2) is 5.13 Å². The Kier molecular flexibility index (Phi) is 5.48. The fourth-order valence-electron chi connectivity index (χ4n) is 3.33. The lowest BCUT2D eigenvalue weighted by Crippen LogP contribution is -2.41. The van der Waals surface area contributed by atoms with Crippen LogP contribution < -0.4 is 15.0 Å². The minimum Gasteiger partial charge on any atom is -0.497 e. The van der Waals surface area contributed by atoms with E-state index in [1.165, 1.54) is 11.3 Å². The predicted molar refractivity (Wildman–Crippen MR) is 110 cm³/mol. The fourth-order valence-corrected chi connectivity index (χ4v) is 3.86. The number of hydrogen-bond acceptors (Lipinski definition) is 7. The summed E-state index contributed by atoms with van der Waals surface area (Å²) >= 11 is 1.43. The summed E-state index contributed by atoms with van der Waals surface area (Å²) in [7, 11) is 1.65. The Hall–Kier alpha value is -3.00. The smallest absolute Gasteiger partial charge is 0.231 e. The largest absolute Gasteiger partial charge is 0.497 e. The molecule has 1 aliphatic rings. The van der Waals surface area contributed by atoms with Gasteiger partial charge in [0.25, 0.3) is 0 Å². The molecule has 3 aromatic rings. The number of carbonyl (C=O) groups excluding carboxylic acids is 1. The third-order valence-electron chi connectivity index (χ3n) is 4.82. The minimum absolute atomic E-state index is 0.0177. The van der Waals surface area contributed by atoms with Crippen LogP contribution in [0.3, 0.4) is 0 Å². The molecule has 28 heavy (non-hydrogen) atoms. The molecule has 144 valence electrons. The van der Waals surface area contributed by atoms with E-state index in [9.17, 15) is 4.79 Å². The lowest BCUT2D eigenvalue weighted by molar-refractivity contribution is -0.120. The molecule has 1 aliphatic heterocycles. The van der Waals surface area contributed by atoms with Crippen molar-refractivity contribution >= 4 is 28.2 Å². The Balaban J connectivity index is 1.48. The molecular formula is C20H21N5O2S. The lowest BCUT2D eigenvalue weighted by atomic mass is 9.97. The van der Waals surface area contributed by atoms with Gasteiger partial charge in [-0.05, 0) is 37.1 Å². The van der Waals surface area contributed by atoms with Crippen molar-refractivity contribution in [2.75, 3.05) is 30.4 Å². The van der Waals surface area contributed by atoms with E-state index in [2.05, 4.69) is 25.2 Å². The number of amides is 1. The van der Waals surface area contributed by atoms with Gasteiger partial charge in [-0.15, -0.1) is 11.3 Å². The maximum Gasteiger partial charge on any atom is 0.231 e. The topological polar surface area (TPSA) is 80.2 Å². The second-order valence-corrected chi connectivity index (χ2v) is 7.50. The molecule has 1 N–H and O–H groups in total. The second-order valence-electron chi connectivity index (χ2n) is 6.60. The normalized spacial score (nSPS) is 16.6. The van der Waals surface area contributed by atoms with Crippen molar-refractivity contribution in [1.82, 2.24) is 15.0 Å². The summed E-state index contributed by atoms with van der Waals surface area (Å²) in [4.78, 5) is 27.7. The van der Waals surface area contributed by atoms with Gasteiger partial charge in [0, 0.05) is 36.3 Å². The molecule has 0 radical (unpaired) electrons. The number of rotatable bonds is 5. The molecule has 3 heterocycles. The molecule has 1 saturated heterocycles. The monoisotopic (exact) mass is 395 g/mol. The van der Waals surface area contributed by atoms with Crippen molar-refractivity contribution < 1.29 is 9.53 Å². The molecule has 8 heteroatoms. The Labute approximate surface area is 167 Å². The fraction of sp³-hybridized carbons (Fsp3) is 0.300. The molecule has 7 nitrogen and oxygen atoms in total. The van der Waals surface area contributed by atoms with Crippen LogP contribution >= 0.6 is 11.3 Å². The number of ether oxygens (including phenoxy) is 1. The van der Waals surface area contributed by atoms with Crippen LogP contribution in [0.5, 0.6) is 5.75 Å². The average molecular weight is 395 g/mol. The van der Waals surface area contributed by atoms with Gasteiger partial charge in [-0.3, -0.25) is 4.79 Å². The van der Waals surface area contributed by atoms with Crippen LogP contribution in [0.1, 0.15) is 12.8 Å². The van der Waals surface area contributed by atoms with Crippen LogP contribution in [0.4, 0.5) is 10.9 Å². The first-order valence-electron chi connectivity index (χ1n) is 9.15. The highest BCUT2D eigenvalue weighted by molar-refractivity contribution is 7.13. The van der Waals surface area contributed by atoms with Crippen LogP contribution in [0.25, 0.3) is 11.3 Å². The third-order valence-corrected chi connectivity index (χ3v) is 5.51. The molecule has 1 fully saturated rings. The molecule has 0 aliphatic carbocycles.